The molecule has 1 heterocycles. The number of aromatic nitrogens is 2. The molecule has 7 rings (SSSR count). The maximum absolute atomic E-state index is 14.5. The molecule has 5 aliphatic carbocycles. The molecule has 0 spiro atoms. The number of aromatic amines is 1. The number of nitrogens with zero attached hydrogens (tertiary/aromatic N) is 1. The number of rotatable bonds is 6. The van der Waals surface area contributed by atoms with Gasteiger partial charge in [0.25, 0.3) is 0 Å². The average Bonchev–Trinajstić information content (AvgIpc) is 3.41. The molecule has 5 aliphatic rings. The standard InChI is InChI=1S/C43H60N2O3/c1-10-11-22-48-37(47)43-20-18-38(3,4)25-32(43)35-30(29-15-13-12-14-28(29)26-46)23-34-40(7)24-31-27(2)44-45-36(31)39(5,6)33(40)16-17-41(34,8)42(35,9)19-21-43/h12-15,26,32-34H,10-11,16-25H2,1-9H3,(H,44,45)/t32-,33-,34?,40-,41+,42+,43-/m0/s1. The van der Waals surface area contributed by atoms with Crippen LogP contribution in [0.2, 0.25) is 0 Å². The quantitative estimate of drug-likeness (QED) is 0.192. The number of H-pyrrole nitrogens is 1. The third-order valence-corrected chi connectivity index (χ3v) is 15.7. The monoisotopic (exact) mass is 652 g/mol. The number of hydrogen-bond donors (Lipinski definition) is 1. The van der Waals surface area contributed by atoms with Gasteiger partial charge in [-0.1, -0.05) is 91.6 Å². The van der Waals surface area contributed by atoms with Crippen molar-refractivity contribution in [1.29, 1.82) is 0 Å². The number of carbonyl (C=O) groups excluding carboxylic acids is 2. The molecule has 1 unspecified atom stereocenters. The van der Waals surface area contributed by atoms with E-state index in [9.17, 15) is 9.59 Å². The number of ether oxygens (including phenoxy) is 1. The summed E-state index contributed by atoms with van der Waals surface area (Å²) in [6, 6.07) is 8.30. The first kappa shape index (κ1) is 33.8. The average molecular weight is 653 g/mol. The predicted molar refractivity (Wildman–Crippen MR) is 193 cm³/mol. The molecule has 7 atom stereocenters. The molecule has 0 bridgehead atoms. The van der Waals surface area contributed by atoms with Crippen LogP contribution in [0.5, 0.6) is 0 Å². The molecule has 2 aromatic rings. The topological polar surface area (TPSA) is 72.1 Å². The molecule has 0 aliphatic heterocycles. The molecule has 3 saturated carbocycles. The third-order valence-electron chi connectivity index (χ3n) is 15.7. The molecule has 5 nitrogen and oxygen atoms in total. The third kappa shape index (κ3) is 4.50. The van der Waals surface area contributed by atoms with Gasteiger partial charge in [0.15, 0.2) is 6.29 Å². The van der Waals surface area contributed by atoms with E-state index in [1.54, 1.807) is 0 Å². The Morgan fingerprint density at radius 1 is 1.00 bits per heavy atom. The van der Waals surface area contributed by atoms with Gasteiger partial charge >= 0.3 is 5.97 Å². The first-order chi connectivity index (χ1) is 22.6. The number of aldehydes is 1. The molecule has 1 aromatic heterocycles. The molecule has 1 aromatic carbocycles. The highest BCUT2D eigenvalue weighted by atomic mass is 16.5. The highest BCUT2D eigenvalue weighted by Crippen LogP contribution is 2.77. The van der Waals surface area contributed by atoms with Gasteiger partial charge in [-0.2, -0.15) is 5.10 Å². The molecular formula is C43H60N2O3. The van der Waals surface area contributed by atoms with E-state index in [1.165, 1.54) is 40.9 Å². The Balaban J connectivity index is 1.47. The van der Waals surface area contributed by atoms with E-state index < -0.39 is 5.41 Å². The van der Waals surface area contributed by atoms with E-state index in [0.717, 1.165) is 75.2 Å². The number of aryl methyl sites for hydroxylation is 1. The Labute approximate surface area is 289 Å². The van der Waals surface area contributed by atoms with Gasteiger partial charge in [0.05, 0.1) is 17.7 Å². The highest BCUT2D eigenvalue weighted by Gasteiger charge is 2.70. The molecule has 3 fully saturated rings. The zero-order valence-electron chi connectivity index (χ0n) is 31.3. The smallest absolute Gasteiger partial charge is 0.312 e. The minimum absolute atomic E-state index is 0.0302. The van der Waals surface area contributed by atoms with Gasteiger partial charge < -0.3 is 4.74 Å². The molecule has 0 amide bonds. The first-order valence-corrected chi connectivity index (χ1v) is 19.1. The lowest BCUT2D eigenvalue weighted by molar-refractivity contribution is -0.180. The fourth-order valence-corrected chi connectivity index (χ4v) is 12.9. The van der Waals surface area contributed by atoms with Crippen LogP contribution < -0.4 is 0 Å². The van der Waals surface area contributed by atoms with Crippen LogP contribution in [0.25, 0.3) is 5.57 Å². The van der Waals surface area contributed by atoms with Crippen molar-refractivity contribution in [3.8, 4) is 0 Å². The van der Waals surface area contributed by atoms with Crippen LogP contribution in [0.3, 0.4) is 0 Å². The number of hydrogen-bond acceptors (Lipinski definition) is 4. The molecule has 260 valence electrons. The largest absolute Gasteiger partial charge is 0.465 e. The summed E-state index contributed by atoms with van der Waals surface area (Å²) in [6.07, 6.45) is 12.1. The highest BCUT2D eigenvalue weighted by molar-refractivity contribution is 5.88. The van der Waals surface area contributed by atoms with Crippen LogP contribution in [0.1, 0.15) is 152 Å². The maximum atomic E-state index is 14.5. The van der Waals surface area contributed by atoms with Gasteiger partial charge in [0.1, 0.15) is 0 Å². The number of fused-ring (bicyclic) bond motifs is 8. The van der Waals surface area contributed by atoms with E-state index in [2.05, 4.69) is 79.5 Å². The second-order valence-electron chi connectivity index (χ2n) is 18.8. The van der Waals surface area contributed by atoms with Crippen molar-refractivity contribution in [2.75, 3.05) is 6.61 Å². The van der Waals surface area contributed by atoms with Gasteiger partial charge in [-0.3, -0.25) is 14.7 Å². The minimum Gasteiger partial charge on any atom is -0.465 e. The number of benzene rings is 1. The van der Waals surface area contributed by atoms with E-state index in [-0.39, 0.29) is 39.0 Å². The zero-order chi connectivity index (χ0) is 34.5. The molecule has 5 heteroatoms. The lowest BCUT2D eigenvalue weighted by Crippen LogP contribution is -2.65. The Morgan fingerprint density at radius 3 is 2.46 bits per heavy atom. The lowest BCUT2D eigenvalue weighted by Gasteiger charge is -2.71. The Bertz CT molecular complexity index is 1660. The summed E-state index contributed by atoms with van der Waals surface area (Å²) in [6.45, 7) is 22.4. The molecule has 0 radical (unpaired) electrons. The second-order valence-corrected chi connectivity index (χ2v) is 18.8. The van der Waals surface area contributed by atoms with Crippen LogP contribution in [0.15, 0.2) is 29.8 Å². The number of esters is 1. The van der Waals surface area contributed by atoms with Gasteiger partial charge in [-0.25, -0.2) is 0 Å². The minimum atomic E-state index is -0.501. The van der Waals surface area contributed by atoms with E-state index >= 15 is 0 Å². The van der Waals surface area contributed by atoms with E-state index in [4.69, 9.17) is 9.84 Å². The Hall–Kier alpha value is -2.69. The van der Waals surface area contributed by atoms with Gasteiger partial charge in [0.2, 0.25) is 0 Å². The maximum Gasteiger partial charge on any atom is 0.312 e. The van der Waals surface area contributed by atoms with E-state index in [0.29, 0.717) is 18.4 Å². The summed E-state index contributed by atoms with van der Waals surface area (Å²) >= 11 is 0. The summed E-state index contributed by atoms with van der Waals surface area (Å²) < 4.78 is 6.20. The number of allylic oxidation sites excluding steroid dienone is 2. The predicted octanol–water partition coefficient (Wildman–Crippen LogP) is 10.2. The van der Waals surface area contributed by atoms with Gasteiger partial charge in [0, 0.05) is 16.7 Å². The number of nitrogens with one attached hydrogen (secondary N) is 1. The van der Waals surface area contributed by atoms with Crippen LogP contribution >= 0.6 is 0 Å². The van der Waals surface area contributed by atoms with E-state index in [1.807, 2.05) is 12.1 Å². The van der Waals surface area contributed by atoms with Crippen LogP contribution in [-0.4, -0.2) is 29.1 Å². The van der Waals surface area contributed by atoms with Crippen molar-refractivity contribution in [2.24, 2.45) is 44.8 Å². The molecule has 48 heavy (non-hydrogen) atoms. The number of carbonyl (C=O) groups is 2. The van der Waals surface area contributed by atoms with Crippen molar-refractivity contribution < 1.29 is 14.3 Å². The summed E-state index contributed by atoms with van der Waals surface area (Å²) in [5.41, 5.74) is 8.25. The fourth-order valence-electron chi connectivity index (χ4n) is 12.9. The van der Waals surface area contributed by atoms with Crippen molar-refractivity contribution in [1.82, 2.24) is 10.2 Å². The Kier molecular flexibility index (Phi) is 7.85. The van der Waals surface area contributed by atoms with Crippen molar-refractivity contribution in [3.05, 3.63) is 57.9 Å². The SMILES string of the molecule is CCCCOC(=O)[C@]12CCC(C)(C)C[C@H]1C1=C(c3ccccc3C=O)CC3[C@@]4(C)Cc5c(n[nH]c5C)C(C)(C)[C@@H]4CC[C@@]3(C)[C@]1(C)CC2. The normalized spacial score (nSPS) is 37.7. The first-order valence-electron chi connectivity index (χ1n) is 19.1. The summed E-state index contributed by atoms with van der Waals surface area (Å²) in [5.74, 6) is 1.08. The van der Waals surface area contributed by atoms with Crippen LogP contribution in [0.4, 0.5) is 0 Å². The van der Waals surface area contributed by atoms with Crippen molar-refractivity contribution >= 4 is 17.8 Å². The second kappa shape index (κ2) is 11.2. The van der Waals surface area contributed by atoms with Gasteiger partial charge in [-0.15, -0.1) is 0 Å². The molecule has 1 N–H and O–H groups in total. The lowest BCUT2D eigenvalue weighted by atomic mass is 9.32. The summed E-state index contributed by atoms with van der Waals surface area (Å²) in [5, 5.41) is 8.28. The zero-order valence-corrected chi connectivity index (χ0v) is 31.3. The Morgan fingerprint density at radius 2 is 1.73 bits per heavy atom. The van der Waals surface area contributed by atoms with Crippen LogP contribution in [0, 0.1) is 51.8 Å². The summed E-state index contributed by atoms with van der Waals surface area (Å²) in [7, 11) is 0. The van der Waals surface area contributed by atoms with Crippen molar-refractivity contribution in [3.63, 3.8) is 0 Å². The molecular weight excluding hydrogens is 592 g/mol. The van der Waals surface area contributed by atoms with Crippen LogP contribution in [-0.2, 0) is 21.4 Å². The van der Waals surface area contributed by atoms with Crippen molar-refractivity contribution in [2.45, 2.75) is 138 Å². The molecule has 0 saturated heterocycles. The fraction of sp³-hybridized carbons (Fsp3) is 0.698. The number of unbranched alkanes of at least 4 members (excludes halogenated alkanes) is 1. The van der Waals surface area contributed by atoms with Gasteiger partial charge in [-0.05, 0) is 127 Å². The summed E-state index contributed by atoms with van der Waals surface area (Å²) in [4.78, 5) is 27.2.